The van der Waals surface area contributed by atoms with E-state index < -0.39 is 10.0 Å². The van der Waals surface area contributed by atoms with Crippen LogP contribution in [0.15, 0.2) is 42.5 Å². The SMILES string of the molecule is Cc1cc(NC(=O)Cc2ccc(Cl)cc2)ccc1N1CCCS1(=O)=O. The lowest BCUT2D eigenvalue weighted by Gasteiger charge is -2.20. The molecule has 1 heterocycles. The van der Waals surface area contributed by atoms with Crippen LogP contribution in [0.1, 0.15) is 17.5 Å². The number of hydrogen-bond donors (Lipinski definition) is 1. The number of benzene rings is 2. The predicted molar refractivity (Wildman–Crippen MR) is 101 cm³/mol. The molecule has 0 bridgehead atoms. The molecule has 1 aliphatic rings. The zero-order chi connectivity index (χ0) is 18.0. The van der Waals surface area contributed by atoms with Gasteiger partial charge in [-0.25, -0.2) is 8.42 Å². The van der Waals surface area contributed by atoms with Gasteiger partial charge in [-0.2, -0.15) is 0 Å². The lowest BCUT2D eigenvalue weighted by Crippen LogP contribution is -2.25. The molecule has 0 radical (unpaired) electrons. The zero-order valence-electron chi connectivity index (χ0n) is 13.8. The quantitative estimate of drug-likeness (QED) is 0.886. The first kappa shape index (κ1) is 17.8. The summed E-state index contributed by atoms with van der Waals surface area (Å²) in [5.74, 6) is 0.0507. The van der Waals surface area contributed by atoms with Gasteiger partial charge in [-0.05, 0) is 54.8 Å². The van der Waals surface area contributed by atoms with E-state index in [0.717, 1.165) is 11.1 Å². The standard InChI is InChI=1S/C18H19ClN2O3S/c1-13-11-16(7-8-17(13)21-9-2-10-25(21,23)24)20-18(22)12-14-3-5-15(19)6-4-14/h3-8,11H,2,9-10,12H2,1H3,(H,20,22). The summed E-state index contributed by atoms with van der Waals surface area (Å²) in [7, 11) is -3.21. The Kier molecular flexibility index (Phi) is 5.01. The molecule has 0 spiro atoms. The Hall–Kier alpha value is -2.05. The molecular formula is C18H19ClN2O3S. The molecule has 0 atom stereocenters. The third kappa shape index (κ3) is 4.14. The summed E-state index contributed by atoms with van der Waals surface area (Å²) >= 11 is 5.84. The molecule has 0 unspecified atom stereocenters. The number of rotatable bonds is 4. The first-order valence-electron chi connectivity index (χ1n) is 8.00. The van der Waals surface area contributed by atoms with Crippen LogP contribution < -0.4 is 9.62 Å². The molecule has 132 valence electrons. The summed E-state index contributed by atoms with van der Waals surface area (Å²) < 4.78 is 25.5. The van der Waals surface area contributed by atoms with Gasteiger partial charge in [0.1, 0.15) is 0 Å². The highest BCUT2D eigenvalue weighted by Crippen LogP contribution is 2.29. The summed E-state index contributed by atoms with van der Waals surface area (Å²) in [6.07, 6.45) is 0.889. The second-order valence-electron chi connectivity index (χ2n) is 6.09. The molecule has 1 N–H and O–H groups in total. The second kappa shape index (κ2) is 7.06. The highest BCUT2D eigenvalue weighted by molar-refractivity contribution is 7.93. The first-order chi connectivity index (χ1) is 11.8. The average Bonchev–Trinajstić information content (AvgIpc) is 2.89. The summed E-state index contributed by atoms with van der Waals surface area (Å²) in [5.41, 5.74) is 3.01. The van der Waals surface area contributed by atoms with Crippen molar-refractivity contribution < 1.29 is 13.2 Å². The minimum absolute atomic E-state index is 0.136. The molecule has 1 aliphatic heterocycles. The largest absolute Gasteiger partial charge is 0.326 e. The van der Waals surface area contributed by atoms with E-state index in [2.05, 4.69) is 5.32 Å². The lowest BCUT2D eigenvalue weighted by molar-refractivity contribution is -0.115. The van der Waals surface area contributed by atoms with E-state index in [1.807, 2.05) is 19.1 Å². The number of aryl methyl sites for hydroxylation is 1. The molecule has 0 aliphatic carbocycles. The zero-order valence-corrected chi connectivity index (χ0v) is 15.4. The van der Waals surface area contributed by atoms with Gasteiger partial charge in [0, 0.05) is 17.3 Å². The summed E-state index contributed by atoms with van der Waals surface area (Å²) in [6, 6.07) is 12.4. The molecule has 5 nitrogen and oxygen atoms in total. The second-order valence-corrected chi connectivity index (χ2v) is 8.54. The topological polar surface area (TPSA) is 66.5 Å². The number of hydrogen-bond acceptors (Lipinski definition) is 3. The molecule has 1 saturated heterocycles. The molecule has 0 saturated carbocycles. The molecule has 0 aromatic heterocycles. The molecule has 1 fully saturated rings. The van der Waals surface area contributed by atoms with Crippen LogP contribution in [0.5, 0.6) is 0 Å². The van der Waals surface area contributed by atoms with E-state index in [9.17, 15) is 13.2 Å². The summed E-state index contributed by atoms with van der Waals surface area (Å²) in [4.78, 5) is 12.2. The molecule has 2 aromatic carbocycles. The Bertz CT molecular complexity index is 895. The number of anilines is 2. The van der Waals surface area contributed by atoms with Crippen molar-refractivity contribution in [3.63, 3.8) is 0 Å². The fourth-order valence-electron chi connectivity index (χ4n) is 2.92. The van der Waals surface area contributed by atoms with Gasteiger partial charge in [0.25, 0.3) is 0 Å². The average molecular weight is 379 g/mol. The van der Waals surface area contributed by atoms with E-state index in [4.69, 9.17) is 11.6 Å². The van der Waals surface area contributed by atoms with Crippen molar-refractivity contribution in [1.82, 2.24) is 0 Å². The van der Waals surface area contributed by atoms with Gasteiger partial charge in [0.15, 0.2) is 0 Å². The minimum atomic E-state index is -3.21. The maximum absolute atomic E-state index is 12.2. The van der Waals surface area contributed by atoms with Gasteiger partial charge in [-0.1, -0.05) is 23.7 Å². The Labute approximate surface area is 152 Å². The van der Waals surface area contributed by atoms with Crippen LogP contribution in [0.3, 0.4) is 0 Å². The smallest absolute Gasteiger partial charge is 0.235 e. The Balaban J connectivity index is 1.70. The van der Waals surface area contributed by atoms with Crippen molar-refractivity contribution in [2.24, 2.45) is 0 Å². The van der Waals surface area contributed by atoms with Crippen LogP contribution in [0.2, 0.25) is 5.02 Å². The maximum atomic E-state index is 12.2. The predicted octanol–water partition coefficient (Wildman–Crippen LogP) is 3.37. The number of amides is 1. The summed E-state index contributed by atoms with van der Waals surface area (Å²) in [5, 5.41) is 3.48. The molecule has 7 heteroatoms. The van der Waals surface area contributed by atoms with Gasteiger partial charge < -0.3 is 5.32 Å². The van der Waals surface area contributed by atoms with Gasteiger partial charge in [-0.15, -0.1) is 0 Å². The Morgan fingerprint density at radius 1 is 1.20 bits per heavy atom. The molecule has 1 amide bonds. The van der Waals surface area contributed by atoms with Crippen LogP contribution in [-0.2, 0) is 21.2 Å². The fraction of sp³-hybridized carbons (Fsp3) is 0.278. The van der Waals surface area contributed by atoms with E-state index in [0.29, 0.717) is 29.4 Å². The van der Waals surface area contributed by atoms with Crippen molar-refractivity contribution in [2.45, 2.75) is 19.8 Å². The van der Waals surface area contributed by atoms with Crippen LogP contribution in [0.25, 0.3) is 0 Å². The molecule has 25 heavy (non-hydrogen) atoms. The van der Waals surface area contributed by atoms with Crippen molar-refractivity contribution in [2.75, 3.05) is 21.9 Å². The minimum Gasteiger partial charge on any atom is -0.326 e. The van der Waals surface area contributed by atoms with E-state index >= 15 is 0 Å². The van der Waals surface area contributed by atoms with Gasteiger partial charge >= 0.3 is 0 Å². The molecule has 2 aromatic rings. The van der Waals surface area contributed by atoms with E-state index in [1.165, 1.54) is 4.31 Å². The number of carbonyl (C=O) groups is 1. The van der Waals surface area contributed by atoms with Crippen LogP contribution >= 0.6 is 11.6 Å². The van der Waals surface area contributed by atoms with E-state index in [-0.39, 0.29) is 18.1 Å². The van der Waals surface area contributed by atoms with Gasteiger partial charge in [-0.3, -0.25) is 9.10 Å². The third-order valence-corrected chi connectivity index (χ3v) is 6.23. The normalized spacial score (nSPS) is 16.0. The van der Waals surface area contributed by atoms with Crippen molar-refractivity contribution in [3.8, 4) is 0 Å². The lowest BCUT2D eigenvalue weighted by atomic mass is 10.1. The molecular weight excluding hydrogens is 360 g/mol. The fourth-order valence-corrected chi connectivity index (χ4v) is 4.67. The molecule has 3 rings (SSSR count). The Morgan fingerprint density at radius 3 is 2.52 bits per heavy atom. The van der Waals surface area contributed by atoms with Crippen molar-refractivity contribution in [3.05, 3.63) is 58.6 Å². The van der Waals surface area contributed by atoms with Crippen LogP contribution in [0.4, 0.5) is 11.4 Å². The highest BCUT2D eigenvalue weighted by Gasteiger charge is 2.29. The maximum Gasteiger partial charge on any atom is 0.235 e. The number of halogens is 1. The number of sulfonamides is 1. The number of nitrogens with one attached hydrogen (secondary N) is 1. The number of carbonyl (C=O) groups excluding carboxylic acids is 1. The van der Waals surface area contributed by atoms with Crippen LogP contribution in [-0.4, -0.2) is 26.6 Å². The van der Waals surface area contributed by atoms with Gasteiger partial charge in [0.2, 0.25) is 15.9 Å². The van der Waals surface area contributed by atoms with E-state index in [1.54, 1.807) is 30.3 Å². The third-order valence-electron chi connectivity index (χ3n) is 4.13. The van der Waals surface area contributed by atoms with Crippen LogP contribution in [0, 0.1) is 6.92 Å². The summed E-state index contributed by atoms with van der Waals surface area (Å²) in [6.45, 7) is 2.35. The Morgan fingerprint density at radius 2 is 1.92 bits per heavy atom. The van der Waals surface area contributed by atoms with Crippen molar-refractivity contribution in [1.29, 1.82) is 0 Å². The highest BCUT2D eigenvalue weighted by atomic mass is 35.5. The van der Waals surface area contributed by atoms with Crippen molar-refractivity contribution >= 4 is 38.9 Å². The number of nitrogens with zero attached hydrogens (tertiary/aromatic N) is 1. The monoisotopic (exact) mass is 378 g/mol. The van der Waals surface area contributed by atoms with Gasteiger partial charge in [0.05, 0.1) is 17.9 Å². The first-order valence-corrected chi connectivity index (χ1v) is 9.99.